The number of sulfonamides is 1. The maximum atomic E-state index is 12.6. The summed E-state index contributed by atoms with van der Waals surface area (Å²) in [6.45, 7) is 1.87. The molecule has 2 N–H and O–H groups in total. The van der Waals surface area contributed by atoms with Gasteiger partial charge in [-0.15, -0.1) is 10.2 Å². The largest absolute Gasteiger partial charge is 0.462 e. The lowest BCUT2D eigenvalue weighted by molar-refractivity contribution is 0.0526. The molecule has 0 saturated carbocycles. The molecule has 0 atom stereocenters. The molecule has 3 rings (SSSR count). The molecule has 0 aliphatic rings. The molecule has 0 unspecified atom stereocenters. The van der Waals surface area contributed by atoms with E-state index in [-0.39, 0.29) is 27.3 Å². The minimum atomic E-state index is -4.08. The van der Waals surface area contributed by atoms with E-state index in [4.69, 9.17) is 16.3 Å². The van der Waals surface area contributed by atoms with Crippen molar-refractivity contribution in [2.75, 3.05) is 16.6 Å². The van der Waals surface area contributed by atoms with Crippen LogP contribution in [0.5, 0.6) is 0 Å². The molecule has 1 heterocycles. The van der Waals surface area contributed by atoms with Crippen molar-refractivity contribution in [2.24, 2.45) is 0 Å². The van der Waals surface area contributed by atoms with Crippen LogP contribution >= 0.6 is 22.9 Å². The van der Waals surface area contributed by atoms with E-state index >= 15 is 0 Å². The predicted molar refractivity (Wildman–Crippen MR) is 113 cm³/mol. The van der Waals surface area contributed by atoms with Gasteiger partial charge in [0.05, 0.1) is 12.2 Å². The van der Waals surface area contributed by atoms with Gasteiger partial charge in [0.25, 0.3) is 20.3 Å². The quantitative estimate of drug-likeness (QED) is 0.403. The number of aromatic nitrogens is 2. The van der Waals surface area contributed by atoms with Crippen LogP contribution in [0.4, 0.5) is 10.8 Å². The van der Waals surface area contributed by atoms with Crippen LogP contribution in [0.15, 0.2) is 52.9 Å². The summed E-state index contributed by atoms with van der Waals surface area (Å²) >= 11 is 6.47. The second-order valence-corrected chi connectivity index (χ2v) is 9.01. The number of esters is 1. The average molecular weight is 467 g/mol. The molecule has 0 aliphatic heterocycles. The zero-order chi connectivity index (χ0) is 21.7. The van der Waals surface area contributed by atoms with E-state index in [0.717, 1.165) is 0 Å². The molecule has 9 nitrogen and oxygen atoms in total. The fourth-order valence-electron chi connectivity index (χ4n) is 2.26. The van der Waals surface area contributed by atoms with Gasteiger partial charge in [0.1, 0.15) is 0 Å². The van der Waals surface area contributed by atoms with Gasteiger partial charge in [-0.25, -0.2) is 4.79 Å². The minimum Gasteiger partial charge on any atom is -0.462 e. The Bertz CT molecular complexity index is 1180. The number of carbonyl (C=O) groups excluding carboxylic acids is 2. The van der Waals surface area contributed by atoms with E-state index in [9.17, 15) is 18.0 Å². The van der Waals surface area contributed by atoms with Crippen LogP contribution in [-0.4, -0.2) is 37.1 Å². The zero-order valence-corrected chi connectivity index (χ0v) is 17.8. The number of nitrogens with one attached hydrogen (secondary N) is 2. The summed E-state index contributed by atoms with van der Waals surface area (Å²) < 4.78 is 32.0. The number of hydrogen-bond donors (Lipinski definition) is 2. The van der Waals surface area contributed by atoms with Gasteiger partial charge in [0.15, 0.2) is 0 Å². The van der Waals surface area contributed by atoms with Crippen molar-refractivity contribution in [3.63, 3.8) is 0 Å². The Morgan fingerprint density at radius 2 is 1.83 bits per heavy atom. The summed E-state index contributed by atoms with van der Waals surface area (Å²) in [5, 5.41) is 10.3. The zero-order valence-electron chi connectivity index (χ0n) is 15.5. The van der Waals surface area contributed by atoms with Gasteiger partial charge in [0, 0.05) is 16.3 Å². The summed E-state index contributed by atoms with van der Waals surface area (Å²) in [5.41, 5.74) is 0.681. The molecule has 0 saturated heterocycles. The Labute approximate surface area is 181 Å². The van der Waals surface area contributed by atoms with E-state index < -0.39 is 21.9 Å². The average Bonchev–Trinajstić information content (AvgIpc) is 3.18. The van der Waals surface area contributed by atoms with Crippen molar-refractivity contribution in [3.05, 3.63) is 64.7 Å². The molecule has 156 valence electrons. The van der Waals surface area contributed by atoms with Crippen LogP contribution in [0.3, 0.4) is 0 Å². The number of rotatable bonds is 7. The van der Waals surface area contributed by atoms with E-state index in [2.05, 4.69) is 20.2 Å². The first-order chi connectivity index (χ1) is 14.3. The molecular formula is C18H15ClN4O5S2. The standard InChI is InChI=1S/C18H15ClN4O5S2/c1-2-28-16(25)12-4-3-5-14(10-12)23-30(26,27)18-22-21-17(29-18)20-15(24)11-6-8-13(19)9-7-11/h3-10,23H,2H2,1H3,(H,20,21,24). The van der Waals surface area contributed by atoms with Crippen LogP contribution in [-0.2, 0) is 14.8 Å². The summed E-state index contributed by atoms with van der Waals surface area (Å²) in [4.78, 5) is 24.0. The number of nitrogens with zero attached hydrogens (tertiary/aromatic N) is 2. The Morgan fingerprint density at radius 1 is 1.10 bits per heavy atom. The SMILES string of the molecule is CCOC(=O)c1cccc(NS(=O)(=O)c2nnc(NC(=O)c3ccc(Cl)cc3)s2)c1. The van der Waals surface area contributed by atoms with Crippen LogP contribution in [0.1, 0.15) is 27.6 Å². The molecule has 3 aromatic rings. The molecule has 30 heavy (non-hydrogen) atoms. The molecule has 1 amide bonds. The summed E-state index contributed by atoms with van der Waals surface area (Å²) in [5.74, 6) is -1.05. The van der Waals surface area contributed by atoms with E-state index in [1.54, 1.807) is 19.1 Å². The van der Waals surface area contributed by atoms with E-state index in [1.807, 2.05) is 0 Å². The molecule has 0 aliphatic carbocycles. The van der Waals surface area contributed by atoms with Gasteiger partial charge in [-0.1, -0.05) is 29.0 Å². The molecule has 1 aromatic heterocycles. The molecule has 0 fully saturated rings. The second kappa shape index (κ2) is 9.20. The van der Waals surface area contributed by atoms with Gasteiger partial charge in [-0.05, 0) is 49.4 Å². The third-order valence-corrected chi connectivity index (χ3v) is 6.43. The van der Waals surface area contributed by atoms with E-state index in [1.165, 1.54) is 36.4 Å². The van der Waals surface area contributed by atoms with Gasteiger partial charge in [-0.3, -0.25) is 14.8 Å². The molecule has 0 bridgehead atoms. The number of ether oxygens (including phenoxy) is 1. The maximum absolute atomic E-state index is 12.6. The molecule has 0 spiro atoms. The number of halogens is 1. The van der Waals surface area contributed by atoms with E-state index in [0.29, 0.717) is 21.9 Å². The Morgan fingerprint density at radius 3 is 2.53 bits per heavy atom. The first-order valence-electron chi connectivity index (χ1n) is 8.49. The molecule has 12 heteroatoms. The third-order valence-electron chi connectivity index (χ3n) is 3.59. The lowest BCUT2D eigenvalue weighted by atomic mass is 10.2. The number of carbonyl (C=O) groups is 2. The van der Waals surface area contributed by atoms with Crippen molar-refractivity contribution in [1.29, 1.82) is 0 Å². The van der Waals surface area contributed by atoms with Crippen LogP contribution in [0.2, 0.25) is 5.02 Å². The highest BCUT2D eigenvalue weighted by atomic mass is 35.5. The number of anilines is 2. The van der Waals surface area contributed by atoms with Crippen molar-refractivity contribution in [1.82, 2.24) is 10.2 Å². The first kappa shape index (κ1) is 21.7. The van der Waals surface area contributed by atoms with Gasteiger partial charge in [0.2, 0.25) is 5.13 Å². The highest BCUT2D eigenvalue weighted by molar-refractivity contribution is 7.94. The van der Waals surface area contributed by atoms with Crippen molar-refractivity contribution < 1.29 is 22.7 Å². The smallest absolute Gasteiger partial charge is 0.338 e. The van der Waals surface area contributed by atoms with Crippen molar-refractivity contribution >= 4 is 55.7 Å². The third kappa shape index (κ3) is 5.32. The summed E-state index contributed by atoms with van der Waals surface area (Å²) in [7, 11) is -4.08. The van der Waals surface area contributed by atoms with Crippen molar-refractivity contribution in [3.8, 4) is 0 Å². The van der Waals surface area contributed by atoms with Crippen LogP contribution in [0, 0.1) is 0 Å². The van der Waals surface area contributed by atoms with Crippen LogP contribution in [0.25, 0.3) is 0 Å². The topological polar surface area (TPSA) is 127 Å². The summed E-state index contributed by atoms with van der Waals surface area (Å²) in [6, 6.07) is 12.0. The monoisotopic (exact) mass is 466 g/mol. The highest BCUT2D eigenvalue weighted by Crippen LogP contribution is 2.24. The Balaban J connectivity index is 1.72. The molecule has 0 radical (unpaired) electrons. The number of amides is 1. The van der Waals surface area contributed by atoms with Gasteiger partial charge in [-0.2, -0.15) is 8.42 Å². The number of benzene rings is 2. The summed E-state index contributed by atoms with van der Waals surface area (Å²) in [6.07, 6.45) is 0. The normalized spacial score (nSPS) is 11.0. The lowest BCUT2D eigenvalue weighted by Gasteiger charge is -2.07. The minimum absolute atomic E-state index is 0.00981. The second-order valence-electron chi connectivity index (χ2n) is 5.74. The maximum Gasteiger partial charge on any atom is 0.338 e. The van der Waals surface area contributed by atoms with Gasteiger partial charge < -0.3 is 4.74 Å². The van der Waals surface area contributed by atoms with Gasteiger partial charge >= 0.3 is 5.97 Å². The molecule has 2 aromatic carbocycles. The highest BCUT2D eigenvalue weighted by Gasteiger charge is 2.22. The first-order valence-corrected chi connectivity index (χ1v) is 11.2. The predicted octanol–water partition coefficient (Wildman–Crippen LogP) is 3.42. The van der Waals surface area contributed by atoms with Crippen molar-refractivity contribution in [2.45, 2.75) is 11.3 Å². The number of hydrogen-bond acceptors (Lipinski definition) is 8. The Hall–Kier alpha value is -3.02. The lowest BCUT2D eigenvalue weighted by Crippen LogP contribution is -2.13. The molecular weight excluding hydrogens is 452 g/mol. The fourth-order valence-corrected chi connectivity index (χ4v) is 4.33. The Kier molecular flexibility index (Phi) is 6.65. The fraction of sp³-hybridized carbons (Fsp3) is 0.111. The van der Waals surface area contributed by atoms with Crippen LogP contribution < -0.4 is 10.0 Å².